The number of rotatable bonds is 7. The second-order valence-electron chi connectivity index (χ2n) is 4.88. The van der Waals surface area contributed by atoms with Crippen molar-refractivity contribution in [3.05, 3.63) is 17.6 Å². The highest BCUT2D eigenvalue weighted by molar-refractivity contribution is 6.17. The molecular weight excluding hydrogens is 246 g/mol. The monoisotopic (exact) mass is 267 g/mol. The minimum atomic E-state index is 0.785. The predicted molar refractivity (Wildman–Crippen MR) is 76.4 cm³/mol. The highest BCUT2D eigenvalue weighted by Crippen LogP contribution is 2.24. The normalized spacial score (nSPS) is 14.3. The van der Waals surface area contributed by atoms with Gasteiger partial charge >= 0.3 is 0 Å². The van der Waals surface area contributed by atoms with Crippen LogP contribution in [0.2, 0.25) is 0 Å². The van der Waals surface area contributed by atoms with Crippen molar-refractivity contribution in [3.8, 4) is 0 Å². The van der Waals surface area contributed by atoms with Gasteiger partial charge in [0.2, 0.25) is 0 Å². The molecule has 1 aliphatic rings. The molecule has 1 aromatic rings. The lowest BCUT2D eigenvalue weighted by atomic mass is 9.96. The van der Waals surface area contributed by atoms with Gasteiger partial charge in [-0.15, -0.1) is 11.6 Å². The summed E-state index contributed by atoms with van der Waals surface area (Å²) < 4.78 is 0. The summed E-state index contributed by atoms with van der Waals surface area (Å²) in [4.78, 5) is 8.77. The Morgan fingerprint density at radius 3 is 2.78 bits per heavy atom. The lowest BCUT2D eigenvalue weighted by molar-refractivity contribution is 0.659. The quantitative estimate of drug-likeness (QED) is 0.606. The molecule has 0 amide bonds. The van der Waals surface area contributed by atoms with E-state index in [1.54, 1.807) is 6.33 Å². The molecule has 3 nitrogen and oxygen atoms in total. The van der Waals surface area contributed by atoms with E-state index in [0.717, 1.165) is 37.5 Å². The molecule has 0 radical (unpaired) electrons. The van der Waals surface area contributed by atoms with Crippen molar-refractivity contribution in [2.75, 3.05) is 17.7 Å². The number of fused-ring (bicyclic) bond motifs is 1. The average molecular weight is 268 g/mol. The van der Waals surface area contributed by atoms with Crippen LogP contribution >= 0.6 is 11.6 Å². The summed E-state index contributed by atoms with van der Waals surface area (Å²) in [7, 11) is 0. The molecule has 0 atom stereocenters. The molecule has 4 heteroatoms. The molecule has 1 aromatic heterocycles. The number of halogens is 1. The molecule has 1 aliphatic carbocycles. The van der Waals surface area contributed by atoms with E-state index in [-0.39, 0.29) is 0 Å². The van der Waals surface area contributed by atoms with Gasteiger partial charge in [-0.25, -0.2) is 9.97 Å². The smallest absolute Gasteiger partial charge is 0.132 e. The SMILES string of the molecule is ClCCCCCCNc1ncnc2c1CCCC2. The number of aromatic nitrogens is 2. The topological polar surface area (TPSA) is 37.8 Å². The van der Waals surface area contributed by atoms with Gasteiger partial charge in [-0.05, 0) is 38.5 Å². The molecular formula is C14H22ClN3. The maximum Gasteiger partial charge on any atom is 0.132 e. The number of unbranched alkanes of at least 4 members (excludes halogenated alkanes) is 3. The minimum absolute atomic E-state index is 0.785. The van der Waals surface area contributed by atoms with E-state index < -0.39 is 0 Å². The molecule has 2 rings (SSSR count). The highest BCUT2D eigenvalue weighted by Gasteiger charge is 2.14. The maximum atomic E-state index is 5.66. The van der Waals surface area contributed by atoms with Crippen LogP contribution in [-0.4, -0.2) is 22.4 Å². The number of anilines is 1. The van der Waals surface area contributed by atoms with Crippen molar-refractivity contribution in [2.45, 2.75) is 51.4 Å². The molecule has 1 heterocycles. The summed E-state index contributed by atoms with van der Waals surface area (Å²) in [5.74, 6) is 1.85. The van der Waals surface area contributed by atoms with E-state index in [0.29, 0.717) is 0 Å². The first-order valence-corrected chi connectivity index (χ1v) is 7.58. The van der Waals surface area contributed by atoms with E-state index in [2.05, 4.69) is 15.3 Å². The van der Waals surface area contributed by atoms with Crippen molar-refractivity contribution < 1.29 is 0 Å². The molecule has 1 N–H and O–H groups in total. The van der Waals surface area contributed by atoms with Crippen LogP contribution in [0.15, 0.2) is 6.33 Å². The van der Waals surface area contributed by atoms with Crippen molar-refractivity contribution in [3.63, 3.8) is 0 Å². The van der Waals surface area contributed by atoms with Crippen molar-refractivity contribution in [1.82, 2.24) is 9.97 Å². The van der Waals surface area contributed by atoms with Gasteiger partial charge < -0.3 is 5.32 Å². The predicted octanol–water partition coefficient (Wildman–Crippen LogP) is 3.57. The van der Waals surface area contributed by atoms with E-state index in [1.165, 1.54) is 43.4 Å². The third-order valence-corrected chi connectivity index (χ3v) is 3.75. The minimum Gasteiger partial charge on any atom is -0.370 e. The summed E-state index contributed by atoms with van der Waals surface area (Å²) in [6.45, 7) is 1.01. The first kappa shape index (κ1) is 13.6. The molecule has 0 fully saturated rings. The molecule has 0 aromatic carbocycles. The van der Waals surface area contributed by atoms with Gasteiger partial charge in [0.1, 0.15) is 12.1 Å². The second-order valence-corrected chi connectivity index (χ2v) is 5.26. The van der Waals surface area contributed by atoms with Crippen molar-refractivity contribution in [1.29, 1.82) is 0 Å². The molecule has 0 bridgehead atoms. The zero-order valence-electron chi connectivity index (χ0n) is 10.9. The summed E-state index contributed by atoms with van der Waals surface area (Å²) in [5, 5.41) is 3.47. The van der Waals surface area contributed by atoms with Gasteiger partial charge in [-0.2, -0.15) is 0 Å². The Balaban J connectivity index is 1.79. The van der Waals surface area contributed by atoms with Gasteiger partial charge in [0.25, 0.3) is 0 Å². The van der Waals surface area contributed by atoms with Crippen molar-refractivity contribution in [2.24, 2.45) is 0 Å². The summed E-state index contributed by atoms with van der Waals surface area (Å²) >= 11 is 5.66. The summed E-state index contributed by atoms with van der Waals surface area (Å²) in [6, 6.07) is 0. The van der Waals surface area contributed by atoms with E-state index in [1.807, 2.05) is 0 Å². The third kappa shape index (κ3) is 3.84. The molecule has 0 aliphatic heterocycles. The Labute approximate surface area is 114 Å². The maximum absolute atomic E-state index is 5.66. The molecule has 0 saturated heterocycles. The van der Waals surface area contributed by atoms with E-state index >= 15 is 0 Å². The standard InChI is InChI=1S/C14H22ClN3/c15-9-5-1-2-6-10-16-14-12-7-3-4-8-13(12)17-11-18-14/h11H,1-10H2,(H,16,17,18). The lowest BCUT2D eigenvalue weighted by Gasteiger charge is -2.17. The number of nitrogens with one attached hydrogen (secondary N) is 1. The second kappa shape index (κ2) is 7.57. The van der Waals surface area contributed by atoms with Crippen LogP contribution in [0.4, 0.5) is 5.82 Å². The third-order valence-electron chi connectivity index (χ3n) is 3.48. The highest BCUT2D eigenvalue weighted by atomic mass is 35.5. The Morgan fingerprint density at radius 1 is 1.06 bits per heavy atom. The lowest BCUT2D eigenvalue weighted by Crippen LogP contribution is -2.12. The van der Waals surface area contributed by atoms with Gasteiger partial charge in [-0.3, -0.25) is 0 Å². The van der Waals surface area contributed by atoms with Crippen LogP contribution in [0.5, 0.6) is 0 Å². The molecule has 100 valence electrons. The number of hydrogen-bond acceptors (Lipinski definition) is 3. The largest absolute Gasteiger partial charge is 0.370 e. The van der Waals surface area contributed by atoms with Crippen LogP contribution in [0.1, 0.15) is 49.8 Å². The average Bonchev–Trinajstić information content (AvgIpc) is 2.43. The van der Waals surface area contributed by atoms with Gasteiger partial charge in [0.15, 0.2) is 0 Å². The number of aryl methyl sites for hydroxylation is 1. The molecule has 0 unspecified atom stereocenters. The number of nitrogens with zero attached hydrogens (tertiary/aromatic N) is 2. The van der Waals surface area contributed by atoms with Gasteiger partial charge in [0, 0.05) is 23.7 Å². The Hall–Kier alpha value is -0.830. The fraction of sp³-hybridized carbons (Fsp3) is 0.714. The fourth-order valence-corrected chi connectivity index (χ4v) is 2.64. The molecule has 18 heavy (non-hydrogen) atoms. The fourth-order valence-electron chi connectivity index (χ4n) is 2.45. The zero-order valence-corrected chi connectivity index (χ0v) is 11.7. The Bertz CT molecular complexity index is 368. The Morgan fingerprint density at radius 2 is 1.89 bits per heavy atom. The van der Waals surface area contributed by atoms with Crippen LogP contribution < -0.4 is 5.32 Å². The van der Waals surface area contributed by atoms with Gasteiger partial charge in [0.05, 0.1) is 0 Å². The van der Waals surface area contributed by atoms with Crippen LogP contribution in [0.3, 0.4) is 0 Å². The zero-order chi connectivity index (χ0) is 12.6. The van der Waals surface area contributed by atoms with Crippen LogP contribution in [0, 0.1) is 0 Å². The first-order chi connectivity index (χ1) is 8.92. The van der Waals surface area contributed by atoms with Crippen LogP contribution in [0.25, 0.3) is 0 Å². The number of alkyl halides is 1. The van der Waals surface area contributed by atoms with E-state index in [9.17, 15) is 0 Å². The summed E-state index contributed by atoms with van der Waals surface area (Å²) in [6.07, 6.45) is 11.3. The molecule has 0 saturated carbocycles. The van der Waals surface area contributed by atoms with Gasteiger partial charge in [-0.1, -0.05) is 12.8 Å². The van der Waals surface area contributed by atoms with Crippen LogP contribution in [-0.2, 0) is 12.8 Å². The Kier molecular flexibility index (Phi) is 5.72. The summed E-state index contributed by atoms with van der Waals surface area (Å²) in [5.41, 5.74) is 2.60. The first-order valence-electron chi connectivity index (χ1n) is 7.04. The number of hydrogen-bond donors (Lipinski definition) is 1. The molecule has 0 spiro atoms. The van der Waals surface area contributed by atoms with Crippen molar-refractivity contribution >= 4 is 17.4 Å². The van der Waals surface area contributed by atoms with E-state index in [4.69, 9.17) is 11.6 Å².